The lowest BCUT2D eigenvalue weighted by molar-refractivity contribution is 0.00700. The van der Waals surface area contributed by atoms with Gasteiger partial charge in [0, 0.05) is 51.9 Å². The fourth-order valence-electron chi connectivity index (χ4n) is 3.51. The first kappa shape index (κ1) is 27.5. The lowest BCUT2D eigenvalue weighted by Gasteiger charge is -2.40. The van der Waals surface area contributed by atoms with Crippen molar-refractivity contribution >= 4 is 36.0 Å². The normalized spacial score (nSPS) is 17.6. The van der Waals surface area contributed by atoms with Gasteiger partial charge in [-0.1, -0.05) is 18.2 Å². The molecule has 0 aliphatic carbocycles. The number of guanidine groups is 1. The van der Waals surface area contributed by atoms with Gasteiger partial charge in [0.1, 0.15) is 18.0 Å². The highest BCUT2D eigenvalue weighted by atomic mass is 127. The highest BCUT2D eigenvalue weighted by Crippen LogP contribution is 2.18. The number of carbonyl (C=O) groups excluding carboxylic acids is 1. The smallest absolute Gasteiger partial charge is 0.410 e. The van der Waals surface area contributed by atoms with Crippen LogP contribution in [0.3, 0.4) is 0 Å². The monoisotopic (exact) mass is 575 g/mol. The van der Waals surface area contributed by atoms with E-state index in [2.05, 4.69) is 26.6 Å². The number of amides is 1. The van der Waals surface area contributed by atoms with Crippen molar-refractivity contribution in [2.45, 2.75) is 39.0 Å². The first-order valence-electron chi connectivity index (χ1n) is 11.3. The first-order chi connectivity index (χ1) is 15.3. The topological polar surface area (TPSA) is 87.7 Å². The van der Waals surface area contributed by atoms with Gasteiger partial charge >= 0.3 is 6.09 Å². The molecule has 3 rings (SSSR count). The summed E-state index contributed by atoms with van der Waals surface area (Å²) in [6, 6.07) is 8.19. The molecule has 186 valence electrons. The maximum atomic E-state index is 12.1. The molecular weight excluding hydrogens is 537 g/mol. The van der Waals surface area contributed by atoms with Crippen LogP contribution in [0.4, 0.5) is 4.79 Å². The van der Waals surface area contributed by atoms with Crippen molar-refractivity contribution in [1.29, 1.82) is 0 Å². The fraction of sp³-hybridized carbons (Fsp3) is 0.652. The summed E-state index contributed by atoms with van der Waals surface area (Å²) in [4.78, 5) is 20.4. The Kier molecular flexibility index (Phi) is 11.0. The van der Waals surface area contributed by atoms with E-state index >= 15 is 0 Å². The number of ether oxygens (including phenoxy) is 3. The van der Waals surface area contributed by atoms with Gasteiger partial charge in [-0.3, -0.25) is 9.89 Å². The van der Waals surface area contributed by atoms with Gasteiger partial charge in [0.15, 0.2) is 5.96 Å². The molecule has 2 heterocycles. The molecule has 0 saturated carbocycles. The van der Waals surface area contributed by atoms with Crippen LogP contribution in [-0.4, -0.2) is 93.1 Å². The van der Waals surface area contributed by atoms with Gasteiger partial charge in [0.05, 0.1) is 19.3 Å². The van der Waals surface area contributed by atoms with E-state index in [1.54, 1.807) is 11.9 Å². The summed E-state index contributed by atoms with van der Waals surface area (Å²) in [5, 5.41) is 6.70. The Bertz CT molecular complexity index is 774. The lowest BCUT2D eigenvalue weighted by atomic mass is 10.1. The van der Waals surface area contributed by atoms with Crippen molar-refractivity contribution in [2.24, 2.45) is 4.99 Å². The molecule has 9 nitrogen and oxygen atoms in total. The summed E-state index contributed by atoms with van der Waals surface area (Å²) >= 11 is 0. The molecule has 0 unspecified atom stereocenters. The number of halogens is 1. The van der Waals surface area contributed by atoms with Crippen molar-refractivity contribution in [3.8, 4) is 5.75 Å². The van der Waals surface area contributed by atoms with Crippen molar-refractivity contribution in [3.63, 3.8) is 0 Å². The molecule has 0 aromatic heterocycles. The molecule has 0 bridgehead atoms. The largest absolute Gasteiger partial charge is 0.492 e. The number of benzene rings is 1. The summed E-state index contributed by atoms with van der Waals surface area (Å²) < 4.78 is 16.9. The van der Waals surface area contributed by atoms with Gasteiger partial charge in [-0.05, 0) is 26.8 Å². The Labute approximate surface area is 214 Å². The zero-order valence-electron chi connectivity index (χ0n) is 20.1. The van der Waals surface area contributed by atoms with Gasteiger partial charge in [-0.2, -0.15) is 0 Å². The van der Waals surface area contributed by atoms with Gasteiger partial charge in [-0.15, -0.1) is 24.0 Å². The number of hydrogen-bond donors (Lipinski definition) is 2. The van der Waals surface area contributed by atoms with E-state index < -0.39 is 5.60 Å². The average Bonchev–Trinajstić information content (AvgIpc) is 2.72. The Balaban J connectivity index is 0.00000385. The Morgan fingerprint density at radius 3 is 2.58 bits per heavy atom. The maximum Gasteiger partial charge on any atom is 0.410 e. The van der Waals surface area contributed by atoms with Crippen LogP contribution in [0, 0.1) is 0 Å². The number of rotatable bonds is 7. The highest BCUT2D eigenvalue weighted by Gasteiger charge is 2.34. The molecule has 33 heavy (non-hydrogen) atoms. The Morgan fingerprint density at radius 1 is 1.21 bits per heavy atom. The molecule has 2 fully saturated rings. The molecule has 2 saturated heterocycles. The third kappa shape index (κ3) is 9.17. The number of nitrogens with one attached hydrogen (secondary N) is 2. The lowest BCUT2D eigenvalue weighted by Crippen LogP contribution is -2.63. The third-order valence-electron chi connectivity index (χ3n) is 5.29. The molecule has 1 amide bonds. The average molecular weight is 575 g/mol. The molecule has 1 aromatic carbocycles. The molecular formula is C23H38IN5O4. The van der Waals surface area contributed by atoms with E-state index in [9.17, 15) is 4.79 Å². The molecule has 0 atom stereocenters. The van der Waals surface area contributed by atoms with Crippen molar-refractivity contribution in [1.82, 2.24) is 20.4 Å². The Hall–Kier alpha value is -1.79. The summed E-state index contributed by atoms with van der Waals surface area (Å²) in [5.74, 6) is 1.57. The van der Waals surface area contributed by atoms with Gasteiger partial charge in [0.2, 0.25) is 0 Å². The van der Waals surface area contributed by atoms with Gasteiger partial charge < -0.3 is 29.7 Å². The van der Waals surface area contributed by atoms with E-state index in [1.165, 1.54) is 0 Å². The SMILES string of the molecule is CN=C(NCc1ccccc1OCCN1CCOCC1)NC1CN(C(=O)OC(C)(C)C)C1.I. The fourth-order valence-corrected chi connectivity index (χ4v) is 3.51. The summed E-state index contributed by atoms with van der Waals surface area (Å²) in [6.07, 6.45) is -0.276. The maximum absolute atomic E-state index is 12.1. The molecule has 10 heteroatoms. The van der Waals surface area contributed by atoms with Crippen LogP contribution in [0.25, 0.3) is 0 Å². The molecule has 2 aliphatic heterocycles. The number of carbonyl (C=O) groups is 1. The zero-order chi connectivity index (χ0) is 23.0. The second kappa shape index (κ2) is 13.2. The summed E-state index contributed by atoms with van der Waals surface area (Å²) in [6.45, 7) is 12.4. The zero-order valence-corrected chi connectivity index (χ0v) is 22.5. The first-order valence-corrected chi connectivity index (χ1v) is 11.3. The number of likely N-dealkylation sites (tertiary alicyclic amines) is 1. The van der Waals surface area contributed by atoms with Crippen LogP contribution >= 0.6 is 24.0 Å². The summed E-state index contributed by atoms with van der Waals surface area (Å²) in [5.41, 5.74) is 0.589. The standard InChI is InChI=1S/C23H37N5O4.HI/c1-23(2,3)32-22(29)28-16-19(17-28)26-21(24-4)25-15-18-7-5-6-8-20(18)31-14-11-27-9-12-30-13-10-27;/h5-8,19H,9-17H2,1-4H3,(H2,24,25,26);1H. The van der Waals surface area contributed by atoms with Gasteiger partial charge in [0.25, 0.3) is 0 Å². The van der Waals surface area contributed by atoms with E-state index in [0.29, 0.717) is 32.2 Å². The van der Waals surface area contributed by atoms with E-state index in [-0.39, 0.29) is 36.1 Å². The van der Waals surface area contributed by atoms with E-state index in [0.717, 1.165) is 44.2 Å². The number of morpholine rings is 1. The van der Waals surface area contributed by atoms with Gasteiger partial charge in [-0.25, -0.2) is 4.79 Å². The molecule has 2 aliphatic rings. The predicted molar refractivity (Wildman–Crippen MR) is 140 cm³/mol. The molecule has 0 spiro atoms. The van der Waals surface area contributed by atoms with Crippen LogP contribution in [0.2, 0.25) is 0 Å². The van der Waals surface area contributed by atoms with Crippen LogP contribution in [-0.2, 0) is 16.0 Å². The third-order valence-corrected chi connectivity index (χ3v) is 5.29. The van der Waals surface area contributed by atoms with E-state index in [1.807, 2.05) is 39.0 Å². The van der Waals surface area contributed by atoms with Crippen molar-refractivity contribution in [3.05, 3.63) is 29.8 Å². The number of para-hydroxylation sites is 1. The van der Waals surface area contributed by atoms with Crippen molar-refractivity contribution < 1.29 is 19.0 Å². The van der Waals surface area contributed by atoms with Crippen LogP contribution < -0.4 is 15.4 Å². The molecule has 1 aromatic rings. The molecule has 0 radical (unpaired) electrons. The van der Waals surface area contributed by atoms with Crippen LogP contribution in [0.15, 0.2) is 29.3 Å². The minimum absolute atomic E-state index is 0. The van der Waals surface area contributed by atoms with Crippen molar-refractivity contribution in [2.75, 3.05) is 59.6 Å². The Morgan fingerprint density at radius 2 is 1.91 bits per heavy atom. The minimum Gasteiger partial charge on any atom is -0.492 e. The van der Waals surface area contributed by atoms with Crippen LogP contribution in [0.1, 0.15) is 26.3 Å². The van der Waals surface area contributed by atoms with E-state index in [4.69, 9.17) is 14.2 Å². The predicted octanol–water partition coefficient (Wildman–Crippen LogP) is 2.30. The minimum atomic E-state index is -0.481. The second-order valence-electron chi connectivity index (χ2n) is 9.06. The quantitative estimate of drug-likeness (QED) is 0.293. The van der Waals surface area contributed by atoms with Crippen LogP contribution in [0.5, 0.6) is 5.75 Å². The number of aliphatic imine (C=N–C) groups is 1. The molecule has 2 N–H and O–H groups in total. The number of hydrogen-bond acceptors (Lipinski definition) is 6. The second-order valence-corrected chi connectivity index (χ2v) is 9.06. The highest BCUT2D eigenvalue weighted by molar-refractivity contribution is 14.0. The number of nitrogens with zero attached hydrogens (tertiary/aromatic N) is 3. The summed E-state index contributed by atoms with van der Waals surface area (Å²) in [7, 11) is 1.74.